The van der Waals surface area contributed by atoms with E-state index in [1.54, 1.807) is 0 Å². The first-order chi connectivity index (χ1) is 18.6. The first-order valence-corrected chi connectivity index (χ1v) is 13.6. The quantitative estimate of drug-likeness (QED) is 0.251. The van der Waals surface area contributed by atoms with E-state index in [2.05, 4.69) is 70.2 Å². The molecule has 0 N–H and O–H groups in total. The minimum atomic E-state index is 0.560. The van der Waals surface area contributed by atoms with E-state index in [-0.39, 0.29) is 0 Å². The molecule has 1 aromatic heterocycles. The van der Waals surface area contributed by atoms with E-state index in [1.807, 2.05) is 48.5 Å². The summed E-state index contributed by atoms with van der Waals surface area (Å²) in [5.41, 5.74) is 5.70. The van der Waals surface area contributed by atoms with Crippen molar-refractivity contribution in [2.75, 3.05) is 51.2 Å². The largest absolute Gasteiger partial charge is 0.489 e. The lowest BCUT2D eigenvalue weighted by Gasteiger charge is -2.36. The van der Waals surface area contributed by atoms with Gasteiger partial charge in [0.05, 0.1) is 6.54 Å². The van der Waals surface area contributed by atoms with Crippen molar-refractivity contribution in [2.24, 2.45) is 0 Å². The van der Waals surface area contributed by atoms with E-state index in [1.165, 1.54) is 11.3 Å². The number of benzene rings is 3. The lowest BCUT2D eigenvalue weighted by molar-refractivity contribution is 0.223. The van der Waals surface area contributed by atoms with Crippen LogP contribution >= 0.6 is 0 Å². The van der Waals surface area contributed by atoms with Crippen LogP contribution in [0.2, 0.25) is 0 Å². The van der Waals surface area contributed by atoms with E-state index in [9.17, 15) is 0 Å². The summed E-state index contributed by atoms with van der Waals surface area (Å²) in [6, 6.07) is 29.2. The zero-order valence-electron chi connectivity index (χ0n) is 22.6. The second-order valence-electron chi connectivity index (χ2n) is 10.2. The maximum atomic E-state index is 5.90. The number of anilines is 1. The molecule has 0 unspecified atom stereocenters. The summed E-state index contributed by atoms with van der Waals surface area (Å²) in [5.74, 6) is 1.73. The number of hydrogen-bond acceptors (Lipinski definition) is 6. The number of rotatable bonds is 11. The van der Waals surface area contributed by atoms with Gasteiger partial charge in [-0.2, -0.15) is 0 Å². The first kappa shape index (κ1) is 26.0. The van der Waals surface area contributed by atoms with Gasteiger partial charge in [-0.3, -0.25) is 9.80 Å². The van der Waals surface area contributed by atoms with Crippen molar-refractivity contribution in [1.29, 1.82) is 0 Å². The maximum absolute atomic E-state index is 5.90. The monoisotopic (exact) mass is 510 g/mol. The van der Waals surface area contributed by atoms with Crippen LogP contribution in [0.1, 0.15) is 23.3 Å². The molecule has 0 amide bonds. The highest BCUT2D eigenvalue weighted by molar-refractivity contribution is 5.59. The molecular formula is C32H38N4O2. The fourth-order valence-corrected chi connectivity index (χ4v) is 4.88. The molecule has 0 spiro atoms. The van der Waals surface area contributed by atoms with Crippen LogP contribution in [-0.2, 0) is 13.2 Å². The Morgan fingerprint density at radius 1 is 0.895 bits per heavy atom. The van der Waals surface area contributed by atoms with Gasteiger partial charge in [0.15, 0.2) is 5.76 Å². The summed E-state index contributed by atoms with van der Waals surface area (Å²) in [4.78, 5) is 7.39. The molecule has 0 radical (unpaired) electrons. The summed E-state index contributed by atoms with van der Waals surface area (Å²) in [5, 5.41) is 4.30. The van der Waals surface area contributed by atoms with Crippen molar-refractivity contribution in [2.45, 2.75) is 26.5 Å². The molecule has 0 bridgehead atoms. The highest BCUT2D eigenvalue weighted by Gasteiger charge is 2.17. The van der Waals surface area contributed by atoms with Crippen LogP contribution in [0.5, 0.6) is 5.75 Å². The zero-order chi connectivity index (χ0) is 26.2. The van der Waals surface area contributed by atoms with Crippen molar-refractivity contribution in [3.05, 3.63) is 102 Å². The van der Waals surface area contributed by atoms with Gasteiger partial charge in [-0.1, -0.05) is 53.2 Å². The van der Waals surface area contributed by atoms with Gasteiger partial charge in [-0.05, 0) is 75.4 Å². The lowest BCUT2D eigenvalue weighted by atomic mass is 10.1. The van der Waals surface area contributed by atoms with Crippen LogP contribution in [0.25, 0.3) is 11.3 Å². The van der Waals surface area contributed by atoms with Gasteiger partial charge in [0.25, 0.3) is 0 Å². The smallest absolute Gasteiger partial charge is 0.151 e. The molecule has 38 heavy (non-hydrogen) atoms. The highest BCUT2D eigenvalue weighted by Crippen LogP contribution is 2.23. The molecule has 0 aliphatic carbocycles. The second-order valence-corrected chi connectivity index (χ2v) is 10.2. The van der Waals surface area contributed by atoms with Gasteiger partial charge in [-0.15, -0.1) is 0 Å². The van der Waals surface area contributed by atoms with Crippen LogP contribution < -0.4 is 9.64 Å². The average molecular weight is 511 g/mol. The molecule has 5 rings (SSSR count). The van der Waals surface area contributed by atoms with Gasteiger partial charge in [0.2, 0.25) is 0 Å². The molecule has 0 atom stereocenters. The van der Waals surface area contributed by atoms with Crippen molar-refractivity contribution in [3.63, 3.8) is 0 Å². The van der Waals surface area contributed by atoms with Crippen molar-refractivity contribution in [1.82, 2.24) is 15.0 Å². The fourth-order valence-electron chi connectivity index (χ4n) is 4.88. The van der Waals surface area contributed by atoms with Gasteiger partial charge in [-0.25, -0.2) is 0 Å². The molecule has 1 aliphatic heterocycles. The topological polar surface area (TPSA) is 45.0 Å². The number of aryl methyl sites for hydroxylation is 1. The standard InChI is InChI=1S/C32H38N4O2/c1-26-9-13-29(14-10-26)36-21-19-35(20-22-36)18-6-17-34(2)24-31-23-32(33-38-31)28-11-15-30(16-12-28)37-25-27-7-4-3-5-8-27/h3-5,7-16,23H,6,17-22,24-25H2,1-2H3. The van der Waals surface area contributed by atoms with Crippen LogP contribution in [0.3, 0.4) is 0 Å². The average Bonchev–Trinajstić information content (AvgIpc) is 3.42. The lowest BCUT2D eigenvalue weighted by Crippen LogP contribution is -2.47. The van der Waals surface area contributed by atoms with Crippen LogP contribution in [-0.4, -0.2) is 61.3 Å². The Morgan fingerprint density at radius 3 is 2.37 bits per heavy atom. The normalized spacial score (nSPS) is 14.2. The summed E-state index contributed by atoms with van der Waals surface area (Å²) in [6.45, 7) is 10.1. The molecule has 0 saturated carbocycles. The van der Waals surface area contributed by atoms with Crippen molar-refractivity contribution < 1.29 is 9.26 Å². The third kappa shape index (κ3) is 7.24. The SMILES string of the molecule is Cc1ccc(N2CCN(CCCN(C)Cc3cc(-c4ccc(OCc5ccccc5)cc4)no3)CC2)cc1. The summed E-state index contributed by atoms with van der Waals surface area (Å²) in [6.07, 6.45) is 1.15. The number of ether oxygens (including phenoxy) is 1. The predicted octanol–water partition coefficient (Wildman–Crippen LogP) is 5.87. The van der Waals surface area contributed by atoms with E-state index in [0.717, 1.165) is 80.6 Å². The molecule has 1 aliphatic rings. The number of piperazine rings is 1. The van der Waals surface area contributed by atoms with Crippen LogP contribution in [0.15, 0.2) is 89.5 Å². The number of hydrogen-bond donors (Lipinski definition) is 0. The van der Waals surface area contributed by atoms with Gasteiger partial charge in [0.1, 0.15) is 18.1 Å². The number of aromatic nitrogens is 1. The molecule has 2 heterocycles. The minimum Gasteiger partial charge on any atom is -0.489 e. The van der Waals surface area contributed by atoms with E-state index >= 15 is 0 Å². The fraction of sp³-hybridized carbons (Fsp3) is 0.344. The molecule has 3 aromatic carbocycles. The molecule has 198 valence electrons. The van der Waals surface area contributed by atoms with Crippen molar-refractivity contribution in [3.8, 4) is 17.0 Å². The Morgan fingerprint density at radius 2 is 1.63 bits per heavy atom. The summed E-state index contributed by atoms with van der Waals surface area (Å²) < 4.78 is 11.5. The van der Waals surface area contributed by atoms with Crippen LogP contribution in [0.4, 0.5) is 5.69 Å². The third-order valence-electron chi connectivity index (χ3n) is 7.17. The Bertz CT molecular complexity index is 1250. The number of nitrogens with zero attached hydrogens (tertiary/aromatic N) is 4. The Labute approximate surface area is 226 Å². The molecule has 4 aromatic rings. The summed E-state index contributed by atoms with van der Waals surface area (Å²) in [7, 11) is 2.15. The first-order valence-electron chi connectivity index (χ1n) is 13.6. The maximum Gasteiger partial charge on any atom is 0.151 e. The summed E-state index contributed by atoms with van der Waals surface area (Å²) >= 11 is 0. The molecule has 1 fully saturated rings. The minimum absolute atomic E-state index is 0.560. The van der Waals surface area contributed by atoms with Crippen molar-refractivity contribution >= 4 is 5.69 Å². The van der Waals surface area contributed by atoms with Gasteiger partial charge in [0, 0.05) is 43.5 Å². The van der Waals surface area contributed by atoms with Gasteiger partial charge < -0.3 is 14.2 Å². The Hall–Kier alpha value is -3.61. The van der Waals surface area contributed by atoms with Gasteiger partial charge >= 0.3 is 0 Å². The zero-order valence-corrected chi connectivity index (χ0v) is 22.6. The predicted molar refractivity (Wildman–Crippen MR) is 153 cm³/mol. The van der Waals surface area contributed by atoms with E-state index in [0.29, 0.717) is 6.61 Å². The Kier molecular flexibility index (Phi) is 8.74. The third-order valence-corrected chi connectivity index (χ3v) is 7.17. The molecule has 6 heteroatoms. The molecule has 1 saturated heterocycles. The molecule has 6 nitrogen and oxygen atoms in total. The Balaban J connectivity index is 1.02. The van der Waals surface area contributed by atoms with Crippen LogP contribution in [0, 0.1) is 6.92 Å². The highest BCUT2D eigenvalue weighted by atomic mass is 16.5. The molecular weight excluding hydrogens is 472 g/mol. The van der Waals surface area contributed by atoms with E-state index in [4.69, 9.17) is 9.26 Å². The second kappa shape index (κ2) is 12.8. The van der Waals surface area contributed by atoms with E-state index < -0.39 is 0 Å².